The molecule has 2 aromatic carbocycles. The Morgan fingerprint density at radius 3 is 2.76 bits per heavy atom. The minimum absolute atomic E-state index is 0.00478. The number of nitrogens with zero attached hydrogens (tertiary/aromatic N) is 1. The first kappa shape index (κ1) is 18.7. The van der Waals surface area contributed by atoms with E-state index >= 15 is 0 Å². The highest BCUT2D eigenvalue weighted by Crippen LogP contribution is 2.70. The number of aromatic nitrogens is 1. The average Bonchev–Trinajstić information content (AvgIpc) is 3.01. The van der Waals surface area contributed by atoms with Crippen LogP contribution in [0.3, 0.4) is 0 Å². The molecule has 5 nitrogen and oxygen atoms in total. The second kappa shape index (κ2) is 6.61. The van der Waals surface area contributed by atoms with E-state index in [-0.39, 0.29) is 28.4 Å². The maximum atomic E-state index is 13.4. The van der Waals surface area contributed by atoms with Crippen molar-refractivity contribution < 1.29 is 18.3 Å². The molecule has 2 bridgehead atoms. The summed E-state index contributed by atoms with van der Waals surface area (Å²) >= 11 is 11.6. The van der Waals surface area contributed by atoms with E-state index in [9.17, 15) is 9.18 Å². The number of ketones is 1. The Labute approximate surface area is 176 Å². The van der Waals surface area contributed by atoms with Gasteiger partial charge in [0, 0.05) is 23.0 Å². The molecule has 0 radical (unpaired) electrons. The van der Waals surface area contributed by atoms with Crippen LogP contribution in [-0.4, -0.2) is 22.9 Å². The van der Waals surface area contributed by atoms with E-state index in [1.807, 2.05) is 0 Å². The van der Waals surface area contributed by atoms with Gasteiger partial charge in [-0.1, -0.05) is 23.2 Å². The van der Waals surface area contributed by atoms with E-state index in [1.165, 1.54) is 12.1 Å². The van der Waals surface area contributed by atoms with E-state index in [1.54, 1.807) is 24.3 Å². The summed E-state index contributed by atoms with van der Waals surface area (Å²) in [7, 11) is 0. The van der Waals surface area contributed by atoms with Gasteiger partial charge in [-0.2, -0.15) is 4.98 Å². The summed E-state index contributed by atoms with van der Waals surface area (Å²) in [6, 6.07) is 9.95. The van der Waals surface area contributed by atoms with Crippen LogP contribution in [0.2, 0.25) is 10.0 Å². The van der Waals surface area contributed by atoms with Crippen LogP contribution in [0.5, 0.6) is 5.75 Å². The Kier molecular flexibility index (Phi) is 4.26. The molecule has 0 amide bonds. The van der Waals surface area contributed by atoms with Crippen LogP contribution in [0, 0.1) is 11.2 Å². The number of fused-ring (bicyclic) bond motifs is 1. The van der Waals surface area contributed by atoms with E-state index in [2.05, 4.69) is 10.3 Å². The molecule has 3 saturated carbocycles. The Bertz CT molecular complexity index is 1110. The molecule has 0 atom stereocenters. The molecule has 1 N–H and O–H groups in total. The number of carbonyl (C=O) groups excluding carboxylic acids is 1. The van der Waals surface area contributed by atoms with E-state index < -0.39 is 5.82 Å². The number of oxazole rings is 1. The van der Waals surface area contributed by atoms with E-state index in [0.29, 0.717) is 34.3 Å². The van der Waals surface area contributed by atoms with Crippen LogP contribution < -0.4 is 10.1 Å². The van der Waals surface area contributed by atoms with Crippen molar-refractivity contribution in [2.24, 2.45) is 5.41 Å². The number of carbonyl (C=O) groups is 1. The Balaban J connectivity index is 1.13. The number of hydrogen-bond acceptors (Lipinski definition) is 5. The summed E-state index contributed by atoms with van der Waals surface area (Å²) < 4.78 is 24.6. The molecule has 3 aliphatic rings. The summed E-state index contributed by atoms with van der Waals surface area (Å²) in [6.45, 7) is -0.0743. The molecular formula is C21H17Cl2FN2O3. The molecule has 0 spiro atoms. The molecule has 8 heteroatoms. The highest BCUT2D eigenvalue weighted by atomic mass is 35.5. The highest BCUT2D eigenvalue weighted by Gasteiger charge is 2.68. The molecule has 3 aliphatic carbocycles. The molecule has 1 aromatic heterocycles. The standard InChI is InChI=1S/C21H17Cl2FN2O3/c22-12-1-4-18-17(5-12)25-19(29-18)26-21-9-20(10-21,11-21)7-13(27)8-28-14-2-3-15(23)16(24)6-14/h1-6H,7-11H2,(H,25,26). The Hall–Kier alpha value is -2.31. The van der Waals surface area contributed by atoms with Crippen LogP contribution in [0.15, 0.2) is 40.8 Å². The zero-order valence-corrected chi connectivity index (χ0v) is 16.8. The van der Waals surface area contributed by atoms with Gasteiger partial charge in [-0.25, -0.2) is 4.39 Å². The maximum Gasteiger partial charge on any atom is 0.296 e. The Morgan fingerprint density at radius 2 is 2.00 bits per heavy atom. The molecule has 3 fully saturated rings. The number of anilines is 1. The number of rotatable bonds is 7. The van der Waals surface area contributed by atoms with Gasteiger partial charge in [0.2, 0.25) is 0 Å². The first-order chi connectivity index (χ1) is 13.8. The quantitative estimate of drug-likeness (QED) is 0.520. The fraction of sp³-hybridized carbons (Fsp3) is 0.333. The monoisotopic (exact) mass is 434 g/mol. The number of hydrogen-bond donors (Lipinski definition) is 1. The van der Waals surface area contributed by atoms with E-state index in [4.69, 9.17) is 32.4 Å². The van der Waals surface area contributed by atoms with Crippen molar-refractivity contribution in [1.29, 1.82) is 0 Å². The Morgan fingerprint density at radius 1 is 1.21 bits per heavy atom. The first-order valence-electron chi connectivity index (χ1n) is 9.28. The lowest BCUT2D eigenvalue weighted by Crippen LogP contribution is -2.71. The topological polar surface area (TPSA) is 64.4 Å². The molecule has 6 rings (SSSR count). The van der Waals surface area contributed by atoms with Gasteiger partial charge in [0.1, 0.15) is 23.7 Å². The molecule has 150 valence electrons. The summed E-state index contributed by atoms with van der Waals surface area (Å²) in [5.74, 6) is -0.261. The molecule has 1 heterocycles. The summed E-state index contributed by atoms with van der Waals surface area (Å²) in [5, 5.41) is 4.02. The van der Waals surface area contributed by atoms with Crippen molar-refractivity contribution in [3.05, 3.63) is 52.3 Å². The molecule has 0 aliphatic heterocycles. The number of nitrogens with one attached hydrogen (secondary N) is 1. The van der Waals surface area contributed by atoms with Gasteiger partial charge in [-0.3, -0.25) is 4.79 Å². The zero-order chi connectivity index (χ0) is 20.2. The molecule has 3 aromatic rings. The van der Waals surface area contributed by atoms with Gasteiger partial charge in [0.15, 0.2) is 11.4 Å². The summed E-state index contributed by atoms with van der Waals surface area (Å²) in [6.07, 6.45) is 3.12. The minimum Gasteiger partial charge on any atom is -0.486 e. The lowest BCUT2D eigenvalue weighted by Gasteiger charge is -2.70. The van der Waals surface area contributed by atoms with Gasteiger partial charge < -0.3 is 14.5 Å². The number of ether oxygens (including phenoxy) is 1. The zero-order valence-electron chi connectivity index (χ0n) is 15.3. The van der Waals surface area contributed by atoms with Gasteiger partial charge >= 0.3 is 0 Å². The second-order valence-electron chi connectivity index (χ2n) is 8.15. The lowest BCUT2D eigenvalue weighted by molar-refractivity contribution is -0.147. The van der Waals surface area contributed by atoms with E-state index in [0.717, 1.165) is 19.3 Å². The number of halogens is 3. The van der Waals surface area contributed by atoms with Crippen LogP contribution >= 0.6 is 23.2 Å². The van der Waals surface area contributed by atoms with Crippen LogP contribution in [-0.2, 0) is 4.79 Å². The van der Waals surface area contributed by atoms with Crippen molar-refractivity contribution in [2.45, 2.75) is 31.2 Å². The van der Waals surface area contributed by atoms with Gasteiger partial charge in [0.05, 0.1) is 5.02 Å². The van der Waals surface area contributed by atoms with Crippen molar-refractivity contribution in [1.82, 2.24) is 4.98 Å². The van der Waals surface area contributed by atoms with Crippen LogP contribution in [0.4, 0.5) is 10.4 Å². The highest BCUT2D eigenvalue weighted by molar-refractivity contribution is 6.31. The SMILES string of the molecule is O=C(COc1ccc(Cl)c(F)c1)CC12CC(Nc3nc4cc(Cl)ccc4o3)(C1)C2. The molecule has 0 saturated heterocycles. The number of benzene rings is 2. The van der Waals surface area contributed by atoms with Crippen LogP contribution in [0.1, 0.15) is 25.7 Å². The molecule has 29 heavy (non-hydrogen) atoms. The fourth-order valence-corrected chi connectivity index (χ4v) is 4.98. The van der Waals surface area contributed by atoms with Gasteiger partial charge in [0.25, 0.3) is 6.01 Å². The third kappa shape index (κ3) is 3.45. The van der Waals surface area contributed by atoms with Crippen molar-refractivity contribution >= 4 is 46.1 Å². The first-order valence-corrected chi connectivity index (χ1v) is 10.0. The smallest absolute Gasteiger partial charge is 0.296 e. The lowest BCUT2D eigenvalue weighted by atomic mass is 9.38. The second-order valence-corrected chi connectivity index (χ2v) is 8.99. The van der Waals surface area contributed by atoms with Crippen molar-refractivity contribution in [2.75, 3.05) is 11.9 Å². The summed E-state index contributed by atoms with van der Waals surface area (Å²) in [4.78, 5) is 16.7. The third-order valence-electron chi connectivity index (χ3n) is 5.72. The van der Waals surface area contributed by atoms with Crippen molar-refractivity contribution in [3.8, 4) is 5.75 Å². The van der Waals surface area contributed by atoms with Gasteiger partial charge in [-0.05, 0) is 55.0 Å². The predicted molar refractivity (Wildman–Crippen MR) is 108 cm³/mol. The summed E-state index contributed by atoms with van der Waals surface area (Å²) in [5.41, 5.74) is 1.37. The molecule has 0 unspecified atom stereocenters. The largest absolute Gasteiger partial charge is 0.486 e. The predicted octanol–water partition coefficient (Wildman–Crippen LogP) is 5.65. The average molecular weight is 435 g/mol. The van der Waals surface area contributed by atoms with Crippen LogP contribution in [0.25, 0.3) is 11.1 Å². The molecular weight excluding hydrogens is 418 g/mol. The minimum atomic E-state index is -0.564. The maximum absolute atomic E-state index is 13.4. The fourth-order valence-electron chi connectivity index (χ4n) is 4.70. The normalized spacial score (nSPS) is 24.7. The number of Topliss-reactive ketones (excluding diaryl/α,β-unsaturated/α-hetero) is 1. The van der Waals surface area contributed by atoms with Crippen molar-refractivity contribution in [3.63, 3.8) is 0 Å². The van der Waals surface area contributed by atoms with Gasteiger partial charge in [-0.15, -0.1) is 0 Å². The third-order valence-corrected chi connectivity index (χ3v) is 6.27.